The Balaban J connectivity index is 1.69. The molecule has 3 rings (SSSR count). The van der Waals surface area contributed by atoms with Crippen LogP contribution in [-0.4, -0.2) is 69.8 Å². The average Bonchev–Trinajstić information content (AvgIpc) is 3.01. The van der Waals surface area contributed by atoms with Crippen molar-refractivity contribution in [1.82, 2.24) is 9.80 Å². The number of carbonyl (C=O) groups is 1. The maximum Gasteiger partial charge on any atom is 0.321 e. The van der Waals surface area contributed by atoms with E-state index in [0.29, 0.717) is 29.7 Å². The van der Waals surface area contributed by atoms with Crippen molar-refractivity contribution in [2.75, 3.05) is 49.6 Å². The summed E-state index contributed by atoms with van der Waals surface area (Å²) in [4.78, 5) is 16.8. The van der Waals surface area contributed by atoms with Gasteiger partial charge < -0.3 is 15.0 Å². The highest BCUT2D eigenvalue weighted by Gasteiger charge is 2.32. The summed E-state index contributed by atoms with van der Waals surface area (Å²) in [5.74, 6) is 0.392. The van der Waals surface area contributed by atoms with Crippen molar-refractivity contribution in [2.24, 2.45) is 0 Å². The molecule has 9 heteroatoms. The summed E-state index contributed by atoms with van der Waals surface area (Å²) >= 11 is 0. The summed E-state index contributed by atoms with van der Waals surface area (Å²) in [7, 11) is -1.98. The molecule has 2 fully saturated rings. The Hall–Kier alpha value is -2.00. The molecule has 1 atom stereocenters. The molecular weight excluding hydrogens is 344 g/mol. The van der Waals surface area contributed by atoms with Crippen LogP contribution in [-0.2, 0) is 10.0 Å². The molecule has 0 bridgehead atoms. The third kappa shape index (κ3) is 4.35. The van der Waals surface area contributed by atoms with Crippen molar-refractivity contribution in [1.29, 1.82) is 0 Å². The minimum Gasteiger partial charge on any atom is -0.495 e. The summed E-state index contributed by atoms with van der Waals surface area (Å²) in [6.07, 6.45) is 3.40. The zero-order valence-corrected chi connectivity index (χ0v) is 15.3. The van der Waals surface area contributed by atoms with E-state index in [1.807, 2.05) is 4.90 Å². The SMILES string of the molecule is COc1ccc(NC(=O)N2CCN3CCC[C@@H]3C2)cc1NS(C)(=O)=O. The van der Waals surface area contributed by atoms with Crippen molar-refractivity contribution in [3.63, 3.8) is 0 Å². The number of benzene rings is 1. The lowest BCUT2D eigenvalue weighted by atomic mass is 10.1. The highest BCUT2D eigenvalue weighted by atomic mass is 32.2. The number of carbonyl (C=O) groups excluding carboxylic acids is 1. The third-order valence-corrected chi connectivity index (χ3v) is 5.21. The fraction of sp³-hybridized carbons (Fsp3) is 0.562. The fourth-order valence-corrected chi connectivity index (χ4v) is 4.00. The number of rotatable bonds is 4. The lowest BCUT2D eigenvalue weighted by Gasteiger charge is -2.37. The van der Waals surface area contributed by atoms with Crippen LogP contribution in [0.25, 0.3) is 0 Å². The highest BCUT2D eigenvalue weighted by molar-refractivity contribution is 7.92. The molecule has 25 heavy (non-hydrogen) atoms. The number of nitrogens with one attached hydrogen (secondary N) is 2. The minimum atomic E-state index is -3.44. The maximum absolute atomic E-state index is 12.5. The number of piperazine rings is 1. The quantitative estimate of drug-likeness (QED) is 0.838. The summed E-state index contributed by atoms with van der Waals surface area (Å²) in [5.41, 5.74) is 0.814. The summed E-state index contributed by atoms with van der Waals surface area (Å²) in [6, 6.07) is 5.16. The number of ether oxygens (including phenoxy) is 1. The number of fused-ring (bicyclic) bond motifs is 1. The molecule has 8 nitrogen and oxygen atoms in total. The van der Waals surface area contributed by atoms with E-state index < -0.39 is 10.0 Å². The largest absolute Gasteiger partial charge is 0.495 e. The molecule has 1 aromatic rings. The van der Waals surface area contributed by atoms with Gasteiger partial charge in [0, 0.05) is 31.4 Å². The van der Waals surface area contributed by atoms with Gasteiger partial charge in [-0.05, 0) is 37.6 Å². The molecule has 0 unspecified atom stereocenters. The van der Waals surface area contributed by atoms with Gasteiger partial charge in [0.15, 0.2) is 0 Å². The van der Waals surface area contributed by atoms with Crippen LogP contribution in [0.1, 0.15) is 12.8 Å². The smallest absolute Gasteiger partial charge is 0.321 e. The van der Waals surface area contributed by atoms with Gasteiger partial charge >= 0.3 is 6.03 Å². The predicted molar refractivity (Wildman–Crippen MR) is 96.6 cm³/mol. The van der Waals surface area contributed by atoms with Crippen LogP contribution < -0.4 is 14.8 Å². The fourth-order valence-electron chi connectivity index (χ4n) is 3.44. The summed E-state index contributed by atoms with van der Waals surface area (Å²) < 4.78 is 30.5. The van der Waals surface area contributed by atoms with Gasteiger partial charge in [-0.1, -0.05) is 0 Å². The number of hydrogen-bond acceptors (Lipinski definition) is 5. The van der Waals surface area contributed by atoms with Crippen molar-refractivity contribution in [3.05, 3.63) is 18.2 Å². The first-order valence-corrected chi connectivity index (χ1v) is 10.2. The molecule has 0 spiro atoms. The summed E-state index contributed by atoms with van der Waals surface area (Å²) in [5, 5.41) is 2.85. The maximum atomic E-state index is 12.5. The number of amides is 2. The Morgan fingerprint density at radius 3 is 2.80 bits per heavy atom. The van der Waals surface area contributed by atoms with Crippen molar-refractivity contribution < 1.29 is 17.9 Å². The van der Waals surface area contributed by atoms with Gasteiger partial charge in [0.2, 0.25) is 10.0 Å². The third-order valence-electron chi connectivity index (χ3n) is 4.62. The number of nitrogens with zero attached hydrogens (tertiary/aromatic N) is 2. The van der Waals surface area contributed by atoms with Gasteiger partial charge in [-0.15, -0.1) is 0 Å². The molecule has 2 N–H and O–H groups in total. The van der Waals surface area contributed by atoms with Crippen molar-refractivity contribution in [3.8, 4) is 5.75 Å². The molecule has 1 aromatic carbocycles. The number of urea groups is 1. The Morgan fingerprint density at radius 1 is 1.28 bits per heavy atom. The van der Waals surface area contributed by atoms with Crippen LogP contribution in [0.2, 0.25) is 0 Å². The van der Waals surface area contributed by atoms with E-state index >= 15 is 0 Å². The molecule has 2 heterocycles. The van der Waals surface area contributed by atoms with Gasteiger partial charge in [-0.2, -0.15) is 0 Å². The molecule has 2 amide bonds. The van der Waals surface area contributed by atoms with E-state index in [4.69, 9.17) is 4.74 Å². The van der Waals surface area contributed by atoms with E-state index in [1.54, 1.807) is 18.2 Å². The second-order valence-electron chi connectivity index (χ2n) is 6.50. The topological polar surface area (TPSA) is 91.0 Å². The zero-order valence-electron chi connectivity index (χ0n) is 14.5. The molecule has 138 valence electrons. The van der Waals surface area contributed by atoms with Crippen molar-refractivity contribution in [2.45, 2.75) is 18.9 Å². The lowest BCUT2D eigenvalue weighted by Crippen LogP contribution is -2.53. The molecule has 2 saturated heterocycles. The number of methoxy groups -OCH3 is 1. The highest BCUT2D eigenvalue weighted by Crippen LogP contribution is 2.29. The van der Waals surface area contributed by atoms with Gasteiger partial charge in [0.05, 0.1) is 19.1 Å². The zero-order chi connectivity index (χ0) is 18.0. The number of sulfonamides is 1. The molecule has 0 saturated carbocycles. The molecule has 0 aliphatic carbocycles. The van der Waals surface area contributed by atoms with Crippen LogP contribution in [0, 0.1) is 0 Å². The van der Waals surface area contributed by atoms with E-state index in [2.05, 4.69) is 14.9 Å². The molecular formula is C16H24N4O4S. The second-order valence-corrected chi connectivity index (χ2v) is 8.25. The van der Waals surface area contributed by atoms with Gasteiger partial charge in [-0.3, -0.25) is 9.62 Å². The van der Waals surface area contributed by atoms with E-state index in [9.17, 15) is 13.2 Å². The van der Waals surface area contributed by atoms with Gasteiger partial charge in [0.1, 0.15) is 5.75 Å². The van der Waals surface area contributed by atoms with Crippen LogP contribution >= 0.6 is 0 Å². The van der Waals surface area contributed by atoms with Crippen molar-refractivity contribution >= 4 is 27.4 Å². The molecule has 0 radical (unpaired) electrons. The molecule has 2 aliphatic heterocycles. The molecule has 0 aromatic heterocycles. The standard InChI is InChI=1S/C16H24N4O4S/c1-24-15-6-5-12(10-14(15)18-25(2,22)23)17-16(21)20-9-8-19-7-3-4-13(19)11-20/h5-6,10,13,18H,3-4,7-9,11H2,1-2H3,(H,17,21)/t13-/m1/s1. The lowest BCUT2D eigenvalue weighted by molar-refractivity contribution is 0.124. The number of anilines is 2. The van der Waals surface area contributed by atoms with E-state index in [0.717, 1.165) is 32.3 Å². The minimum absolute atomic E-state index is 0.165. The van der Waals surface area contributed by atoms with Crippen LogP contribution in [0.15, 0.2) is 18.2 Å². The molecule has 2 aliphatic rings. The number of hydrogen-bond donors (Lipinski definition) is 2. The second kappa shape index (κ2) is 7.09. The monoisotopic (exact) mass is 368 g/mol. The Morgan fingerprint density at radius 2 is 2.08 bits per heavy atom. The Bertz CT molecular complexity index is 753. The first-order valence-electron chi connectivity index (χ1n) is 8.31. The summed E-state index contributed by atoms with van der Waals surface area (Å²) in [6.45, 7) is 3.46. The van der Waals surface area contributed by atoms with Gasteiger partial charge in [0.25, 0.3) is 0 Å². The predicted octanol–water partition coefficient (Wildman–Crippen LogP) is 1.38. The van der Waals surface area contributed by atoms with E-state index in [1.165, 1.54) is 13.5 Å². The Kier molecular flexibility index (Phi) is 5.05. The van der Waals surface area contributed by atoms with Crippen LogP contribution in [0.3, 0.4) is 0 Å². The first kappa shape index (κ1) is 17.8. The first-order chi connectivity index (χ1) is 11.9. The van der Waals surface area contributed by atoms with Crippen LogP contribution in [0.5, 0.6) is 5.75 Å². The van der Waals surface area contributed by atoms with Crippen LogP contribution in [0.4, 0.5) is 16.2 Å². The van der Waals surface area contributed by atoms with Gasteiger partial charge in [-0.25, -0.2) is 13.2 Å². The Labute approximate surface area is 148 Å². The average molecular weight is 368 g/mol. The van der Waals surface area contributed by atoms with E-state index in [-0.39, 0.29) is 6.03 Å². The normalized spacial score (nSPS) is 20.9.